The van der Waals surface area contributed by atoms with E-state index in [2.05, 4.69) is 23.8 Å². The highest BCUT2D eigenvalue weighted by Gasteiger charge is 2.26. The first-order valence-electron chi connectivity index (χ1n) is 29.3. The standard InChI is InChI=1S/C35H35ClN2O8.C34H34N2O9/c1-4-5-12-38-20-37-28(15-24(34(39)40)14-23-17-30-21(11-13-45-30)16-29(23)44-3)33(38)26-10-9-25(43-2)18-31(26)46-19-22-7-6-8-27(36)32(22)35(41)42;1-4-5-10-32-35-18-24(14-23(33(37)38)13-22-15-30-31(45-20-44-30)17-28(22)42-3)36(32)27-12-11-25(41-2)16-29(27)43-19-21-8-6-7-9-26(21)34(39)40/h6-10,15-18,20H,4-5,11-14,19H2,1-3H3,(H,39,40)(H,41,42);6-9,11-12,14-18H,4-5,10,13,19-20H2,1-3H3,(H,37,38)(H,39,40)/b24-15+;23-14+. The molecule has 0 fully saturated rings. The number of rotatable bonds is 28. The van der Waals surface area contributed by atoms with Crippen molar-refractivity contribution in [3.05, 3.63) is 188 Å². The van der Waals surface area contributed by atoms with Gasteiger partial charge in [-0.15, -0.1) is 0 Å². The SMILES string of the molecule is CCCCc1ncc(/C=C(\Cc2cc3c(cc2OC)OCO3)C(=O)O)n1-c1ccc(OC)cc1OCc1ccccc1C(=O)O.CCCCn1cnc(/C=C(\Cc2cc3c(cc2OC)CCO3)C(=O)O)c1-c1ccc(OC)cc1OCc1cccc(Cl)c1C(=O)O. The van der Waals surface area contributed by atoms with Crippen molar-refractivity contribution in [3.63, 3.8) is 0 Å². The Bertz CT molecular complexity index is 4050. The van der Waals surface area contributed by atoms with Gasteiger partial charge in [-0.1, -0.05) is 68.6 Å². The molecule has 6 aromatic carbocycles. The van der Waals surface area contributed by atoms with Gasteiger partial charge in [0.2, 0.25) is 6.79 Å². The highest BCUT2D eigenvalue weighted by atomic mass is 35.5. The minimum absolute atomic E-state index is 0.0168. The van der Waals surface area contributed by atoms with Crippen molar-refractivity contribution in [1.29, 1.82) is 0 Å². The molecule has 0 amide bonds. The maximum atomic E-state index is 12.6. The average molecular weight is 1260 g/mol. The molecule has 0 saturated carbocycles. The number of nitrogens with zero attached hydrogens (tertiary/aromatic N) is 4. The Balaban J connectivity index is 0.000000215. The molecular weight excluding hydrogens is 1190 g/mol. The molecule has 8 aromatic rings. The maximum absolute atomic E-state index is 12.6. The number of carboxylic acid groups (broad SMARTS) is 4. The van der Waals surface area contributed by atoms with Crippen LogP contribution < -0.4 is 42.6 Å². The van der Waals surface area contributed by atoms with Crippen molar-refractivity contribution in [3.8, 4) is 68.7 Å². The zero-order chi connectivity index (χ0) is 64.7. The molecule has 2 aliphatic rings. The van der Waals surface area contributed by atoms with E-state index in [4.69, 9.17) is 54.2 Å². The summed E-state index contributed by atoms with van der Waals surface area (Å²) in [6.07, 6.45) is 11.6. The fraction of sp³-hybridized carbons (Fsp3) is 0.275. The zero-order valence-electron chi connectivity index (χ0n) is 51.1. The summed E-state index contributed by atoms with van der Waals surface area (Å²) >= 11 is 6.20. The van der Waals surface area contributed by atoms with E-state index in [-0.39, 0.29) is 60.1 Å². The number of hydrogen-bond acceptors (Lipinski definition) is 15. The predicted molar refractivity (Wildman–Crippen MR) is 338 cm³/mol. The molecule has 91 heavy (non-hydrogen) atoms. The second-order valence-electron chi connectivity index (χ2n) is 21.1. The molecule has 0 unspecified atom stereocenters. The van der Waals surface area contributed by atoms with E-state index < -0.39 is 23.9 Å². The minimum atomic E-state index is -1.16. The normalized spacial score (nSPS) is 12.3. The van der Waals surface area contributed by atoms with E-state index in [1.165, 1.54) is 26.4 Å². The molecular formula is C69H69ClN4O17. The van der Waals surface area contributed by atoms with Gasteiger partial charge in [0.05, 0.1) is 86.5 Å². The largest absolute Gasteiger partial charge is 0.497 e. The number of carboxylic acids is 4. The van der Waals surface area contributed by atoms with E-state index in [0.29, 0.717) is 116 Å². The van der Waals surface area contributed by atoms with Crippen LogP contribution in [0.25, 0.3) is 29.1 Å². The molecule has 4 N–H and O–H groups in total. The van der Waals surface area contributed by atoms with Crippen LogP contribution in [0, 0.1) is 0 Å². The van der Waals surface area contributed by atoms with Crippen LogP contribution in [0.2, 0.25) is 5.02 Å². The van der Waals surface area contributed by atoms with E-state index in [1.54, 1.807) is 106 Å². The van der Waals surface area contributed by atoms with E-state index in [1.807, 2.05) is 33.4 Å². The molecule has 2 aromatic heterocycles. The van der Waals surface area contributed by atoms with Gasteiger partial charge in [0, 0.05) is 95.0 Å². The number of aromatic nitrogens is 4. The lowest BCUT2D eigenvalue weighted by molar-refractivity contribution is -0.133. The fourth-order valence-electron chi connectivity index (χ4n) is 10.5. The van der Waals surface area contributed by atoms with Gasteiger partial charge in [0.1, 0.15) is 59.3 Å². The summed E-state index contributed by atoms with van der Waals surface area (Å²) in [6, 6.07) is 29.2. The number of hydrogen-bond donors (Lipinski definition) is 4. The van der Waals surface area contributed by atoms with Gasteiger partial charge >= 0.3 is 23.9 Å². The molecule has 10 rings (SSSR count). The molecule has 0 atom stereocenters. The monoisotopic (exact) mass is 1260 g/mol. The molecule has 0 bridgehead atoms. The van der Waals surface area contributed by atoms with Crippen molar-refractivity contribution < 1.29 is 82.2 Å². The number of methoxy groups -OCH3 is 4. The van der Waals surface area contributed by atoms with Crippen LogP contribution >= 0.6 is 11.6 Å². The Morgan fingerprint density at radius 1 is 0.626 bits per heavy atom. The predicted octanol–water partition coefficient (Wildman–Crippen LogP) is 12.9. The average Bonchev–Trinajstić information content (AvgIpc) is 1.84. The summed E-state index contributed by atoms with van der Waals surface area (Å²) in [7, 11) is 6.16. The van der Waals surface area contributed by atoms with Crippen LogP contribution in [-0.2, 0) is 55.0 Å². The maximum Gasteiger partial charge on any atom is 0.337 e. The Kier molecular flexibility index (Phi) is 21.6. The highest BCUT2D eigenvalue weighted by Crippen LogP contribution is 2.42. The molecule has 0 saturated heterocycles. The molecule has 22 heteroatoms. The second kappa shape index (κ2) is 30.2. The fourth-order valence-corrected chi connectivity index (χ4v) is 10.8. The van der Waals surface area contributed by atoms with Gasteiger partial charge in [0.15, 0.2) is 11.5 Å². The molecule has 4 heterocycles. The van der Waals surface area contributed by atoms with Crippen LogP contribution in [0.15, 0.2) is 127 Å². The Labute approximate surface area is 530 Å². The van der Waals surface area contributed by atoms with Gasteiger partial charge in [-0.2, -0.15) is 0 Å². The summed E-state index contributed by atoms with van der Waals surface area (Å²) in [5, 5.41) is 40.1. The van der Waals surface area contributed by atoms with Crippen LogP contribution in [0.5, 0.6) is 51.7 Å². The molecule has 0 spiro atoms. The summed E-state index contributed by atoms with van der Waals surface area (Å²) in [4.78, 5) is 58.3. The van der Waals surface area contributed by atoms with Crippen molar-refractivity contribution in [2.24, 2.45) is 0 Å². The number of halogens is 1. The smallest absolute Gasteiger partial charge is 0.337 e. The lowest BCUT2D eigenvalue weighted by Gasteiger charge is -2.18. The van der Waals surface area contributed by atoms with Crippen molar-refractivity contribution in [2.45, 2.75) is 85.0 Å². The third-order valence-corrected chi connectivity index (χ3v) is 15.5. The Hall–Kier alpha value is -10.4. The van der Waals surface area contributed by atoms with E-state index in [0.717, 1.165) is 49.2 Å². The third-order valence-electron chi connectivity index (χ3n) is 15.2. The lowest BCUT2D eigenvalue weighted by Crippen LogP contribution is -2.10. The van der Waals surface area contributed by atoms with Crippen molar-refractivity contribution in [2.75, 3.05) is 41.8 Å². The van der Waals surface area contributed by atoms with Crippen molar-refractivity contribution >= 4 is 47.6 Å². The first-order valence-corrected chi connectivity index (χ1v) is 29.7. The first-order chi connectivity index (χ1) is 44.1. The highest BCUT2D eigenvalue weighted by molar-refractivity contribution is 6.33. The van der Waals surface area contributed by atoms with Crippen LogP contribution in [0.1, 0.15) is 105 Å². The molecule has 474 valence electrons. The summed E-state index contributed by atoms with van der Waals surface area (Å²) in [5.74, 6) is 1.05. The molecule has 2 aliphatic heterocycles. The third kappa shape index (κ3) is 15.4. The van der Waals surface area contributed by atoms with Gasteiger partial charge in [-0.3, -0.25) is 4.57 Å². The second-order valence-corrected chi connectivity index (χ2v) is 21.5. The Morgan fingerprint density at radius 2 is 1.26 bits per heavy atom. The van der Waals surface area contributed by atoms with Crippen LogP contribution in [0.3, 0.4) is 0 Å². The number of ether oxygens (including phenoxy) is 9. The topological polar surface area (TPSA) is 268 Å². The van der Waals surface area contributed by atoms with Crippen LogP contribution in [-0.4, -0.2) is 105 Å². The number of imidazole rings is 2. The van der Waals surface area contributed by atoms with E-state index in [9.17, 15) is 39.6 Å². The Morgan fingerprint density at radius 3 is 1.95 bits per heavy atom. The number of aryl methyl sites for hydroxylation is 2. The van der Waals surface area contributed by atoms with Gasteiger partial charge < -0.3 is 67.6 Å². The number of aliphatic carboxylic acids is 2. The lowest BCUT2D eigenvalue weighted by atomic mass is 9.99. The molecule has 0 radical (unpaired) electrons. The van der Waals surface area contributed by atoms with Gasteiger partial charge in [-0.25, -0.2) is 29.1 Å². The number of carbonyl (C=O) groups is 4. The number of benzene rings is 6. The van der Waals surface area contributed by atoms with E-state index >= 15 is 0 Å². The summed E-state index contributed by atoms with van der Waals surface area (Å²) < 4.78 is 55.1. The zero-order valence-corrected chi connectivity index (χ0v) is 51.8. The van der Waals surface area contributed by atoms with Crippen molar-refractivity contribution in [1.82, 2.24) is 19.1 Å². The minimum Gasteiger partial charge on any atom is -0.497 e. The molecule has 0 aliphatic carbocycles. The first kappa shape index (κ1) is 65.0. The van der Waals surface area contributed by atoms with Crippen LogP contribution in [0.4, 0.5) is 0 Å². The quantitative estimate of drug-likeness (QED) is 0.0332. The number of aromatic carboxylic acids is 2. The van der Waals surface area contributed by atoms with Gasteiger partial charge in [-0.05, 0) is 79.6 Å². The summed E-state index contributed by atoms with van der Waals surface area (Å²) in [6.45, 7) is 5.35. The summed E-state index contributed by atoms with van der Waals surface area (Å²) in [5.41, 5.74) is 6.40. The number of fused-ring (bicyclic) bond motifs is 2. The van der Waals surface area contributed by atoms with Gasteiger partial charge in [0.25, 0.3) is 0 Å². The molecule has 21 nitrogen and oxygen atoms in total. The number of unbranched alkanes of at least 4 members (excludes halogenated alkanes) is 2.